The molecule has 0 aliphatic carbocycles. The molecule has 0 atom stereocenters. The molecule has 0 aliphatic rings. The molecule has 3 N–H and O–H groups in total. The van der Waals surface area contributed by atoms with Gasteiger partial charge in [0.1, 0.15) is 5.75 Å². The van der Waals surface area contributed by atoms with Crippen molar-refractivity contribution in [2.75, 3.05) is 13.7 Å². The topological polar surface area (TPSA) is 76.7 Å². The molecule has 5 nitrogen and oxygen atoms in total. The first kappa shape index (κ1) is 18.5. The third kappa shape index (κ3) is 5.67. The largest absolute Gasteiger partial charge is 0.496 e. The summed E-state index contributed by atoms with van der Waals surface area (Å²) in [4.78, 5) is 16.1. The van der Waals surface area contributed by atoms with E-state index in [2.05, 4.69) is 17.2 Å². The minimum Gasteiger partial charge on any atom is -0.496 e. The molecule has 112 valence electrons. The Morgan fingerprint density at radius 3 is 2.80 bits per heavy atom. The molecule has 0 aromatic heterocycles. The zero-order valence-corrected chi connectivity index (χ0v) is 13.1. The molecule has 0 aliphatic heterocycles. The summed E-state index contributed by atoms with van der Waals surface area (Å²) < 4.78 is 5.10. The number of guanidine groups is 1. The Morgan fingerprint density at radius 2 is 2.20 bits per heavy atom. The van der Waals surface area contributed by atoms with E-state index in [9.17, 15) is 4.79 Å². The molecular weight excluding hydrogens is 301 g/mol. The van der Waals surface area contributed by atoms with Crippen LogP contribution in [0.25, 0.3) is 0 Å². The molecule has 0 radical (unpaired) electrons. The van der Waals surface area contributed by atoms with E-state index in [4.69, 9.17) is 22.1 Å². The quantitative estimate of drug-likeness (QED) is 0.497. The van der Waals surface area contributed by atoms with E-state index < -0.39 is 5.91 Å². The molecule has 0 spiro atoms. The van der Waals surface area contributed by atoms with Crippen molar-refractivity contribution in [1.82, 2.24) is 5.32 Å². The van der Waals surface area contributed by atoms with Crippen molar-refractivity contribution >= 4 is 35.9 Å². The van der Waals surface area contributed by atoms with Gasteiger partial charge in [-0.1, -0.05) is 24.9 Å². The maximum absolute atomic E-state index is 12.0. The van der Waals surface area contributed by atoms with Gasteiger partial charge in [0.2, 0.25) is 0 Å². The van der Waals surface area contributed by atoms with E-state index in [0.29, 0.717) is 22.9 Å². The Labute approximate surface area is 130 Å². The first-order valence-electron chi connectivity index (χ1n) is 6.03. The molecule has 1 amide bonds. The van der Waals surface area contributed by atoms with Gasteiger partial charge in [-0.25, -0.2) is 0 Å². The molecule has 1 aromatic carbocycles. The number of nitrogens with two attached hydrogens (primary N) is 1. The average Bonchev–Trinajstić information content (AvgIpc) is 2.39. The van der Waals surface area contributed by atoms with Crippen molar-refractivity contribution in [3.05, 3.63) is 28.8 Å². The van der Waals surface area contributed by atoms with Gasteiger partial charge in [0, 0.05) is 11.6 Å². The van der Waals surface area contributed by atoms with Crippen LogP contribution in [0.5, 0.6) is 5.75 Å². The van der Waals surface area contributed by atoms with Crippen molar-refractivity contribution in [2.45, 2.75) is 19.8 Å². The van der Waals surface area contributed by atoms with E-state index in [-0.39, 0.29) is 18.4 Å². The van der Waals surface area contributed by atoms with Gasteiger partial charge in [0.15, 0.2) is 5.96 Å². The van der Waals surface area contributed by atoms with Crippen LogP contribution in [0.1, 0.15) is 30.1 Å². The van der Waals surface area contributed by atoms with Crippen LogP contribution in [-0.4, -0.2) is 25.5 Å². The highest BCUT2D eigenvalue weighted by Crippen LogP contribution is 2.22. The lowest BCUT2D eigenvalue weighted by Crippen LogP contribution is -2.37. The van der Waals surface area contributed by atoms with Gasteiger partial charge in [-0.15, -0.1) is 12.4 Å². The zero-order valence-electron chi connectivity index (χ0n) is 11.5. The Hall–Kier alpha value is -1.46. The highest BCUT2D eigenvalue weighted by Gasteiger charge is 2.13. The van der Waals surface area contributed by atoms with Crippen LogP contribution in [0.4, 0.5) is 0 Å². The molecule has 20 heavy (non-hydrogen) atoms. The van der Waals surface area contributed by atoms with E-state index in [1.807, 2.05) is 0 Å². The maximum Gasteiger partial charge on any atom is 0.261 e. The fourth-order valence-electron chi connectivity index (χ4n) is 1.44. The van der Waals surface area contributed by atoms with Crippen LogP contribution in [0.3, 0.4) is 0 Å². The van der Waals surface area contributed by atoms with Crippen molar-refractivity contribution in [1.29, 1.82) is 0 Å². The molecule has 0 bridgehead atoms. The summed E-state index contributed by atoms with van der Waals surface area (Å²) in [5.74, 6) is 0.140. The lowest BCUT2D eigenvalue weighted by molar-refractivity contribution is 0.0973. The summed E-state index contributed by atoms with van der Waals surface area (Å²) in [7, 11) is 1.48. The molecule has 0 saturated carbocycles. The monoisotopic (exact) mass is 319 g/mol. The van der Waals surface area contributed by atoms with Gasteiger partial charge in [-0.05, 0) is 24.6 Å². The zero-order chi connectivity index (χ0) is 14.3. The Bertz CT molecular complexity index is 479. The van der Waals surface area contributed by atoms with Crippen LogP contribution in [0, 0.1) is 0 Å². The normalized spacial score (nSPS) is 10.7. The maximum atomic E-state index is 12.0. The van der Waals surface area contributed by atoms with Gasteiger partial charge >= 0.3 is 0 Å². The van der Waals surface area contributed by atoms with Crippen LogP contribution < -0.4 is 15.8 Å². The number of carbonyl (C=O) groups is 1. The second kappa shape index (κ2) is 9.44. The number of carbonyl (C=O) groups excluding carboxylic acids is 1. The van der Waals surface area contributed by atoms with Crippen LogP contribution in [0.15, 0.2) is 23.2 Å². The predicted octanol–water partition coefficient (Wildman–Crippen LogP) is 2.62. The fraction of sp³-hybridized carbons (Fsp3) is 0.385. The van der Waals surface area contributed by atoms with Crippen molar-refractivity contribution in [3.63, 3.8) is 0 Å². The summed E-state index contributed by atoms with van der Waals surface area (Å²) >= 11 is 5.86. The number of rotatable bonds is 5. The van der Waals surface area contributed by atoms with E-state index in [1.54, 1.807) is 12.1 Å². The number of benzene rings is 1. The molecule has 1 rings (SSSR count). The molecule has 0 heterocycles. The fourth-order valence-corrected chi connectivity index (χ4v) is 1.61. The predicted molar refractivity (Wildman–Crippen MR) is 84.1 cm³/mol. The third-order valence-corrected chi connectivity index (χ3v) is 2.68. The van der Waals surface area contributed by atoms with Crippen molar-refractivity contribution in [3.8, 4) is 5.75 Å². The minimum absolute atomic E-state index is 0. The number of halogens is 2. The Balaban J connectivity index is 0.00000361. The lowest BCUT2D eigenvalue weighted by Gasteiger charge is -2.09. The lowest BCUT2D eigenvalue weighted by atomic mass is 10.2. The summed E-state index contributed by atoms with van der Waals surface area (Å²) in [6.07, 6.45) is 1.95. The molecule has 0 saturated heterocycles. The summed E-state index contributed by atoms with van der Waals surface area (Å²) in [6.45, 7) is 2.65. The van der Waals surface area contributed by atoms with E-state index in [1.165, 1.54) is 13.2 Å². The second-order valence-electron chi connectivity index (χ2n) is 3.92. The van der Waals surface area contributed by atoms with Crippen LogP contribution in [-0.2, 0) is 0 Å². The van der Waals surface area contributed by atoms with Gasteiger partial charge in [0.25, 0.3) is 5.91 Å². The molecule has 7 heteroatoms. The van der Waals surface area contributed by atoms with E-state index in [0.717, 1.165) is 12.8 Å². The molecule has 0 unspecified atom stereocenters. The highest BCUT2D eigenvalue weighted by molar-refractivity contribution is 6.31. The van der Waals surface area contributed by atoms with Gasteiger partial charge < -0.3 is 10.5 Å². The van der Waals surface area contributed by atoms with Crippen LogP contribution >= 0.6 is 24.0 Å². The number of aliphatic imine (C=N–C) groups is 1. The first-order valence-corrected chi connectivity index (χ1v) is 6.41. The smallest absolute Gasteiger partial charge is 0.261 e. The molecule has 1 aromatic rings. The Morgan fingerprint density at radius 1 is 1.50 bits per heavy atom. The summed E-state index contributed by atoms with van der Waals surface area (Å²) in [5.41, 5.74) is 5.95. The van der Waals surface area contributed by atoms with Gasteiger partial charge in [-0.3, -0.25) is 15.1 Å². The highest BCUT2D eigenvalue weighted by atomic mass is 35.5. The molecular formula is C13H19Cl2N3O2. The van der Waals surface area contributed by atoms with Crippen molar-refractivity contribution in [2.24, 2.45) is 10.7 Å². The average molecular weight is 320 g/mol. The van der Waals surface area contributed by atoms with Crippen molar-refractivity contribution < 1.29 is 9.53 Å². The van der Waals surface area contributed by atoms with Gasteiger partial charge in [0.05, 0.1) is 12.7 Å². The number of ether oxygens (including phenoxy) is 1. The summed E-state index contributed by atoms with van der Waals surface area (Å²) in [5, 5.41) is 2.96. The van der Waals surface area contributed by atoms with E-state index >= 15 is 0 Å². The number of amides is 1. The number of hydrogen-bond donors (Lipinski definition) is 2. The Kier molecular flexibility index (Phi) is 8.76. The standard InChI is InChI=1S/C13H18ClN3O2.ClH/c1-3-4-7-16-13(15)17-12(18)10-8-9(14)5-6-11(10)19-2;/h5-6,8H,3-4,7H2,1-2H3,(H3,15,16,17,18);1H. The van der Waals surface area contributed by atoms with Gasteiger partial charge in [-0.2, -0.15) is 0 Å². The number of methoxy groups -OCH3 is 1. The number of unbranched alkanes of at least 4 members (excludes halogenated alkanes) is 1. The second-order valence-corrected chi connectivity index (χ2v) is 4.36. The third-order valence-electron chi connectivity index (χ3n) is 2.44. The first-order chi connectivity index (χ1) is 9.08. The number of nitrogens with zero attached hydrogens (tertiary/aromatic N) is 1. The summed E-state index contributed by atoms with van der Waals surface area (Å²) in [6, 6.07) is 4.80. The van der Waals surface area contributed by atoms with Crippen LogP contribution in [0.2, 0.25) is 5.02 Å². The number of hydrogen-bond acceptors (Lipinski definition) is 3. The number of nitrogens with one attached hydrogen (secondary N) is 1. The minimum atomic E-state index is -0.392. The molecule has 0 fully saturated rings. The SMILES string of the molecule is CCCCN=C(N)NC(=O)c1cc(Cl)ccc1OC.Cl.